The average Bonchev–Trinajstić information content (AvgIpc) is 2.46. The van der Waals surface area contributed by atoms with Crippen LogP contribution in [0.2, 0.25) is 5.02 Å². The molecule has 2 rings (SSSR count). The van der Waals surface area contributed by atoms with E-state index < -0.39 is 5.82 Å². The van der Waals surface area contributed by atoms with Crippen molar-refractivity contribution in [2.75, 3.05) is 11.9 Å². The van der Waals surface area contributed by atoms with Gasteiger partial charge in [-0.3, -0.25) is 4.79 Å². The lowest BCUT2D eigenvalue weighted by Gasteiger charge is -2.29. The lowest BCUT2D eigenvalue weighted by molar-refractivity contribution is 0.112. The number of hydrogen-bond acceptors (Lipinski definition) is 2. The standard InChI is InChI=1S/C16H15ClFNO/c1-11(14-5-3-4-6-15(14)17)19(2)16-8-7-13(18)9-12(16)10-20/h3-11H,1-2H3. The zero-order valence-electron chi connectivity index (χ0n) is 11.3. The quantitative estimate of drug-likeness (QED) is 0.774. The summed E-state index contributed by atoms with van der Waals surface area (Å²) in [6, 6.07) is 11.7. The highest BCUT2D eigenvalue weighted by Crippen LogP contribution is 2.31. The minimum atomic E-state index is -0.422. The van der Waals surface area contributed by atoms with Gasteiger partial charge in [-0.25, -0.2) is 4.39 Å². The smallest absolute Gasteiger partial charge is 0.152 e. The van der Waals surface area contributed by atoms with Gasteiger partial charge in [-0.2, -0.15) is 0 Å². The van der Waals surface area contributed by atoms with Crippen molar-refractivity contribution in [3.05, 3.63) is 64.4 Å². The summed E-state index contributed by atoms with van der Waals surface area (Å²) in [5.74, 6) is -0.422. The summed E-state index contributed by atoms with van der Waals surface area (Å²) in [4.78, 5) is 13.0. The molecule has 0 heterocycles. The van der Waals surface area contributed by atoms with Gasteiger partial charge in [-0.1, -0.05) is 29.8 Å². The maximum atomic E-state index is 13.2. The fourth-order valence-electron chi connectivity index (χ4n) is 2.17. The third kappa shape index (κ3) is 2.83. The van der Waals surface area contributed by atoms with E-state index in [4.69, 9.17) is 11.6 Å². The van der Waals surface area contributed by atoms with Crippen LogP contribution in [-0.2, 0) is 0 Å². The van der Waals surface area contributed by atoms with Crippen LogP contribution < -0.4 is 4.90 Å². The van der Waals surface area contributed by atoms with Gasteiger partial charge in [0.05, 0.1) is 6.04 Å². The maximum absolute atomic E-state index is 13.2. The predicted molar refractivity (Wildman–Crippen MR) is 80.1 cm³/mol. The minimum absolute atomic E-state index is 0.0344. The summed E-state index contributed by atoms with van der Waals surface area (Å²) >= 11 is 6.19. The summed E-state index contributed by atoms with van der Waals surface area (Å²) in [5.41, 5.74) is 1.96. The summed E-state index contributed by atoms with van der Waals surface area (Å²) in [5, 5.41) is 0.668. The first-order valence-corrected chi connectivity index (χ1v) is 6.64. The molecule has 104 valence electrons. The molecule has 2 nitrogen and oxygen atoms in total. The first-order valence-electron chi connectivity index (χ1n) is 6.26. The average molecular weight is 292 g/mol. The molecule has 0 N–H and O–H groups in total. The van der Waals surface area contributed by atoms with E-state index >= 15 is 0 Å². The minimum Gasteiger partial charge on any atom is -0.367 e. The summed E-state index contributed by atoms with van der Waals surface area (Å²) in [6.07, 6.45) is 0.661. The molecule has 0 aliphatic carbocycles. The third-order valence-electron chi connectivity index (χ3n) is 3.43. The van der Waals surface area contributed by atoms with Crippen molar-refractivity contribution < 1.29 is 9.18 Å². The number of rotatable bonds is 4. The molecule has 20 heavy (non-hydrogen) atoms. The van der Waals surface area contributed by atoms with Crippen molar-refractivity contribution in [2.45, 2.75) is 13.0 Å². The van der Waals surface area contributed by atoms with Crippen molar-refractivity contribution in [1.82, 2.24) is 0 Å². The fraction of sp³-hybridized carbons (Fsp3) is 0.188. The van der Waals surface area contributed by atoms with Crippen LogP contribution in [0.5, 0.6) is 0 Å². The number of carbonyl (C=O) groups is 1. The van der Waals surface area contributed by atoms with Gasteiger partial charge < -0.3 is 4.90 Å². The van der Waals surface area contributed by atoms with Gasteiger partial charge in [0.2, 0.25) is 0 Å². The number of benzene rings is 2. The Morgan fingerprint density at radius 3 is 2.60 bits per heavy atom. The molecule has 0 spiro atoms. The summed E-state index contributed by atoms with van der Waals surface area (Å²) in [6.45, 7) is 1.99. The Bertz CT molecular complexity index is 630. The highest BCUT2D eigenvalue weighted by molar-refractivity contribution is 6.31. The molecule has 1 atom stereocenters. The van der Waals surface area contributed by atoms with Crippen LogP contribution in [0.4, 0.5) is 10.1 Å². The van der Waals surface area contributed by atoms with E-state index in [0.29, 0.717) is 22.6 Å². The highest BCUT2D eigenvalue weighted by atomic mass is 35.5. The molecule has 0 bridgehead atoms. The van der Waals surface area contributed by atoms with Crippen molar-refractivity contribution in [2.24, 2.45) is 0 Å². The van der Waals surface area contributed by atoms with E-state index in [2.05, 4.69) is 0 Å². The molecular formula is C16H15ClFNO. The van der Waals surface area contributed by atoms with Crippen molar-refractivity contribution >= 4 is 23.6 Å². The molecule has 0 amide bonds. The molecular weight excluding hydrogens is 277 g/mol. The van der Waals surface area contributed by atoms with Crippen molar-refractivity contribution in [3.63, 3.8) is 0 Å². The van der Waals surface area contributed by atoms with Gasteiger partial charge >= 0.3 is 0 Å². The van der Waals surface area contributed by atoms with Crippen LogP contribution in [0.1, 0.15) is 28.9 Å². The van der Waals surface area contributed by atoms with Crippen LogP contribution in [-0.4, -0.2) is 13.3 Å². The second-order valence-corrected chi connectivity index (χ2v) is 5.04. The lowest BCUT2D eigenvalue weighted by Crippen LogP contribution is -2.23. The lowest BCUT2D eigenvalue weighted by atomic mass is 10.1. The Morgan fingerprint density at radius 1 is 1.25 bits per heavy atom. The normalized spacial score (nSPS) is 12.0. The number of hydrogen-bond donors (Lipinski definition) is 0. The van der Waals surface area contributed by atoms with Crippen LogP contribution in [0.3, 0.4) is 0 Å². The first-order chi connectivity index (χ1) is 9.54. The number of nitrogens with zero attached hydrogens (tertiary/aromatic N) is 1. The summed E-state index contributed by atoms with van der Waals surface area (Å²) < 4.78 is 13.2. The van der Waals surface area contributed by atoms with Gasteiger partial charge in [0.15, 0.2) is 6.29 Å². The van der Waals surface area contributed by atoms with Crippen LogP contribution in [0, 0.1) is 5.82 Å². The number of anilines is 1. The molecule has 0 saturated heterocycles. The molecule has 2 aromatic rings. The molecule has 0 aliphatic rings. The van der Waals surface area contributed by atoms with Crippen LogP contribution in [0.25, 0.3) is 0 Å². The highest BCUT2D eigenvalue weighted by Gasteiger charge is 2.17. The maximum Gasteiger partial charge on any atom is 0.152 e. The molecule has 0 aromatic heterocycles. The predicted octanol–water partition coefficient (Wildman–Crippen LogP) is 4.49. The Kier molecular flexibility index (Phi) is 4.40. The molecule has 0 saturated carbocycles. The van der Waals surface area contributed by atoms with Crippen LogP contribution >= 0.6 is 11.6 Å². The molecule has 1 unspecified atom stereocenters. The van der Waals surface area contributed by atoms with Crippen molar-refractivity contribution in [3.8, 4) is 0 Å². The Balaban J connectivity index is 2.39. The zero-order valence-corrected chi connectivity index (χ0v) is 12.1. The van der Waals surface area contributed by atoms with Crippen molar-refractivity contribution in [1.29, 1.82) is 0 Å². The third-order valence-corrected chi connectivity index (χ3v) is 3.78. The van der Waals surface area contributed by atoms with E-state index in [9.17, 15) is 9.18 Å². The van der Waals surface area contributed by atoms with E-state index in [1.54, 1.807) is 6.07 Å². The first kappa shape index (κ1) is 14.5. The van der Waals surface area contributed by atoms with Gasteiger partial charge in [0.1, 0.15) is 5.82 Å². The Morgan fingerprint density at radius 2 is 1.95 bits per heavy atom. The Labute approximate surface area is 122 Å². The number of carbonyl (C=O) groups excluding carboxylic acids is 1. The largest absolute Gasteiger partial charge is 0.367 e. The van der Waals surface area contributed by atoms with Crippen LogP contribution in [0.15, 0.2) is 42.5 Å². The molecule has 4 heteroatoms. The number of aldehydes is 1. The van der Waals surface area contributed by atoms with Gasteiger partial charge in [-0.15, -0.1) is 0 Å². The van der Waals surface area contributed by atoms with E-state index in [0.717, 1.165) is 5.56 Å². The van der Waals surface area contributed by atoms with Gasteiger partial charge in [0.25, 0.3) is 0 Å². The van der Waals surface area contributed by atoms with E-state index in [-0.39, 0.29) is 6.04 Å². The second kappa shape index (κ2) is 6.06. The van der Waals surface area contributed by atoms with E-state index in [1.165, 1.54) is 12.1 Å². The monoisotopic (exact) mass is 291 g/mol. The fourth-order valence-corrected chi connectivity index (χ4v) is 2.47. The van der Waals surface area contributed by atoms with Gasteiger partial charge in [0, 0.05) is 23.3 Å². The van der Waals surface area contributed by atoms with Gasteiger partial charge in [-0.05, 0) is 36.8 Å². The summed E-state index contributed by atoms with van der Waals surface area (Å²) in [7, 11) is 1.86. The second-order valence-electron chi connectivity index (χ2n) is 4.63. The Hall–Kier alpha value is -1.87. The zero-order chi connectivity index (χ0) is 14.7. The molecule has 0 fully saturated rings. The van der Waals surface area contributed by atoms with E-state index in [1.807, 2.05) is 43.1 Å². The SMILES string of the molecule is CC(c1ccccc1Cl)N(C)c1ccc(F)cc1C=O. The molecule has 0 radical (unpaired) electrons. The topological polar surface area (TPSA) is 20.3 Å². The number of halogens is 2. The molecule has 0 aliphatic heterocycles. The molecule has 2 aromatic carbocycles.